The SMILES string of the molecule is CCOCCCNCCc1ccc(OC)c(OC)c1. The zero-order chi connectivity index (χ0) is 13.9. The van der Waals surface area contributed by atoms with Crippen LogP contribution in [-0.2, 0) is 11.2 Å². The quantitative estimate of drug-likeness (QED) is 0.660. The molecule has 1 aromatic rings. The van der Waals surface area contributed by atoms with E-state index in [-0.39, 0.29) is 0 Å². The molecule has 0 aliphatic carbocycles. The summed E-state index contributed by atoms with van der Waals surface area (Å²) in [6.45, 7) is 5.60. The maximum Gasteiger partial charge on any atom is 0.160 e. The van der Waals surface area contributed by atoms with Gasteiger partial charge in [-0.25, -0.2) is 0 Å². The fraction of sp³-hybridized carbons (Fsp3) is 0.600. The van der Waals surface area contributed by atoms with E-state index in [9.17, 15) is 0 Å². The Balaban J connectivity index is 2.26. The Morgan fingerprint density at radius 2 is 1.84 bits per heavy atom. The van der Waals surface area contributed by atoms with E-state index >= 15 is 0 Å². The first kappa shape index (κ1) is 15.8. The first-order valence-corrected chi connectivity index (χ1v) is 6.81. The lowest BCUT2D eigenvalue weighted by molar-refractivity contribution is 0.145. The van der Waals surface area contributed by atoms with Crippen molar-refractivity contribution in [3.8, 4) is 11.5 Å². The van der Waals surface area contributed by atoms with Crippen LogP contribution in [0.25, 0.3) is 0 Å². The lowest BCUT2D eigenvalue weighted by Gasteiger charge is -2.10. The lowest BCUT2D eigenvalue weighted by Crippen LogP contribution is -2.19. The van der Waals surface area contributed by atoms with Crippen LogP contribution in [0.4, 0.5) is 0 Å². The standard InChI is InChI=1S/C15H25NO3/c1-4-19-11-5-9-16-10-8-13-6-7-14(17-2)15(12-13)18-3/h6-7,12,16H,4-5,8-11H2,1-3H3. The molecule has 0 bridgehead atoms. The van der Waals surface area contributed by atoms with Crippen molar-refractivity contribution >= 4 is 0 Å². The van der Waals surface area contributed by atoms with Crippen LogP contribution in [-0.4, -0.2) is 40.5 Å². The zero-order valence-corrected chi connectivity index (χ0v) is 12.2. The maximum atomic E-state index is 5.29. The second-order valence-electron chi connectivity index (χ2n) is 4.24. The van der Waals surface area contributed by atoms with Crippen molar-refractivity contribution in [2.45, 2.75) is 19.8 Å². The van der Waals surface area contributed by atoms with Gasteiger partial charge in [0, 0.05) is 13.2 Å². The Bertz CT molecular complexity index is 355. The van der Waals surface area contributed by atoms with Crippen molar-refractivity contribution in [1.29, 1.82) is 0 Å². The highest BCUT2D eigenvalue weighted by Crippen LogP contribution is 2.27. The Labute approximate surface area is 116 Å². The van der Waals surface area contributed by atoms with E-state index < -0.39 is 0 Å². The third-order valence-electron chi connectivity index (χ3n) is 2.88. The molecule has 0 unspecified atom stereocenters. The van der Waals surface area contributed by atoms with Gasteiger partial charge in [0.15, 0.2) is 11.5 Å². The average molecular weight is 267 g/mol. The monoisotopic (exact) mass is 267 g/mol. The van der Waals surface area contributed by atoms with Crippen molar-refractivity contribution in [3.05, 3.63) is 23.8 Å². The van der Waals surface area contributed by atoms with E-state index in [1.54, 1.807) is 14.2 Å². The molecule has 0 saturated heterocycles. The predicted molar refractivity (Wildman–Crippen MR) is 77.2 cm³/mol. The highest BCUT2D eigenvalue weighted by Gasteiger charge is 2.03. The van der Waals surface area contributed by atoms with Gasteiger partial charge >= 0.3 is 0 Å². The predicted octanol–water partition coefficient (Wildman–Crippen LogP) is 2.26. The molecular weight excluding hydrogens is 242 g/mol. The van der Waals surface area contributed by atoms with Gasteiger partial charge in [-0.15, -0.1) is 0 Å². The molecule has 4 nitrogen and oxygen atoms in total. The Kier molecular flexibility index (Phi) is 8.02. The molecule has 0 aliphatic rings. The number of methoxy groups -OCH3 is 2. The van der Waals surface area contributed by atoms with Crippen LogP contribution in [0, 0.1) is 0 Å². The largest absolute Gasteiger partial charge is 0.493 e. The molecule has 0 spiro atoms. The Hall–Kier alpha value is -1.26. The van der Waals surface area contributed by atoms with Gasteiger partial charge < -0.3 is 19.5 Å². The van der Waals surface area contributed by atoms with Crippen LogP contribution < -0.4 is 14.8 Å². The average Bonchev–Trinajstić information content (AvgIpc) is 2.46. The van der Waals surface area contributed by atoms with E-state index in [1.165, 1.54) is 5.56 Å². The second-order valence-corrected chi connectivity index (χ2v) is 4.24. The van der Waals surface area contributed by atoms with E-state index in [4.69, 9.17) is 14.2 Å². The number of ether oxygens (including phenoxy) is 3. The second kappa shape index (κ2) is 9.64. The molecule has 0 saturated carbocycles. The first-order valence-electron chi connectivity index (χ1n) is 6.81. The lowest BCUT2D eigenvalue weighted by atomic mass is 10.1. The first-order chi connectivity index (χ1) is 9.31. The Morgan fingerprint density at radius 3 is 2.53 bits per heavy atom. The van der Waals surface area contributed by atoms with Crippen molar-refractivity contribution in [1.82, 2.24) is 5.32 Å². The van der Waals surface area contributed by atoms with Gasteiger partial charge in [-0.3, -0.25) is 0 Å². The molecule has 0 radical (unpaired) electrons. The number of benzene rings is 1. The van der Waals surface area contributed by atoms with Gasteiger partial charge in [0.05, 0.1) is 14.2 Å². The van der Waals surface area contributed by atoms with E-state index in [0.717, 1.165) is 50.6 Å². The van der Waals surface area contributed by atoms with Gasteiger partial charge in [-0.2, -0.15) is 0 Å². The van der Waals surface area contributed by atoms with Gasteiger partial charge in [-0.1, -0.05) is 6.07 Å². The number of hydrogen-bond acceptors (Lipinski definition) is 4. The summed E-state index contributed by atoms with van der Waals surface area (Å²) < 4.78 is 15.8. The van der Waals surface area contributed by atoms with E-state index in [1.807, 2.05) is 19.1 Å². The van der Waals surface area contributed by atoms with Gasteiger partial charge in [0.25, 0.3) is 0 Å². The van der Waals surface area contributed by atoms with Gasteiger partial charge in [-0.05, 0) is 50.6 Å². The van der Waals surface area contributed by atoms with Crippen LogP contribution >= 0.6 is 0 Å². The molecule has 19 heavy (non-hydrogen) atoms. The third kappa shape index (κ3) is 5.94. The number of hydrogen-bond donors (Lipinski definition) is 1. The number of nitrogens with one attached hydrogen (secondary N) is 1. The molecule has 0 aromatic heterocycles. The molecule has 0 amide bonds. The van der Waals surface area contributed by atoms with Crippen molar-refractivity contribution in [2.24, 2.45) is 0 Å². The Morgan fingerprint density at radius 1 is 1.05 bits per heavy atom. The normalized spacial score (nSPS) is 10.5. The molecule has 1 aromatic carbocycles. The minimum absolute atomic E-state index is 0.774. The zero-order valence-electron chi connectivity index (χ0n) is 12.2. The molecule has 0 heterocycles. The molecule has 0 atom stereocenters. The summed E-state index contributed by atoms with van der Waals surface area (Å²) in [5.41, 5.74) is 1.25. The third-order valence-corrected chi connectivity index (χ3v) is 2.88. The molecule has 1 N–H and O–H groups in total. The van der Waals surface area contributed by atoms with Crippen molar-refractivity contribution in [2.75, 3.05) is 40.5 Å². The number of rotatable bonds is 10. The minimum Gasteiger partial charge on any atom is -0.493 e. The molecule has 108 valence electrons. The van der Waals surface area contributed by atoms with Crippen molar-refractivity contribution in [3.63, 3.8) is 0 Å². The highest BCUT2D eigenvalue weighted by atomic mass is 16.5. The van der Waals surface area contributed by atoms with Crippen LogP contribution in [0.5, 0.6) is 11.5 Å². The molecule has 1 rings (SSSR count). The van der Waals surface area contributed by atoms with Crippen LogP contribution in [0.2, 0.25) is 0 Å². The van der Waals surface area contributed by atoms with Gasteiger partial charge in [0.2, 0.25) is 0 Å². The summed E-state index contributed by atoms with van der Waals surface area (Å²) in [5.74, 6) is 1.56. The smallest absolute Gasteiger partial charge is 0.160 e. The fourth-order valence-electron chi connectivity index (χ4n) is 1.84. The van der Waals surface area contributed by atoms with Gasteiger partial charge in [0.1, 0.15) is 0 Å². The topological polar surface area (TPSA) is 39.7 Å². The summed E-state index contributed by atoms with van der Waals surface area (Å²) in [7, 11) is 3.31. The molecule has 0 aliphatic heterocycles. The fourth-order valence-corrected chi connectivity index (χ4v) is 1.84. The molecule has 0 fully saturated rings. The minimum atomic E-state index is 0.774. The molecule has 4 heteroatoms. The highest BCUT2D eigenvalue weighted by molar-refractivity contribution is 5.42. The van der Waals surface area contributed by atoms with E-state index in [2.05, 4.69) is 11.4 Å². The van der Waals surface area contributed by atoms with Crippen LogP contribution in [0.15, 0.2) is 18.2 Å². The van der Waals surface area contributed by atoms with E-state index in [0.29, 0.717) is 0 Å². The summed E-state index contributed by atoms with van der Waals surface area (Å²) in [4.78, 5) is 0. The maximum absolute atomic E-state index is 5.29. The summed E-state index contributed by atoms with van der Waals surface area (Å²) in [5, 5.41) is 3.41. The van der Waals surface area contributed by atoms with Crippen LogP contribution in [0.3, 0.4) is 0 Å². The van der Waals surface area contributed by atoms with Crippen LogP contribution in [0.1, 0.15) is 18.9 Å². The summed E-state index contributed by atoms with van der Waals surface area (Å²) in [6, 6.07) is 6.05. The summed E-state index contributed by atoms with van der Waals surface area (Å²) in [6.07, 6.45) is 2.04. The van der Waals surface area contributed by atoms with Crippen molar-refractivity contribution < 1.29 is 14.2 Å². The summed E-state index contributed by atoms with van der Waals surface area (Å²) >= 11 is 0. The molecular formula is C15H25NO3.